The van der Waals surface area contributed by atoms with E-state index in [0.29, 0.717) is 26.3 Å². The molecule has 0 saturated carbocycles. The first-order valence-corrected chi connectivity index (χ1v) is 5.57. The number of hydrogen-bond acceptors (Lipinski definition) is 3. The van der Waals surface area contributed by atoms with Crippen molar-refractivity contribution in [3.63, 3.8) is 0 Å². The summed E-state index contributed by atoms with van der Waals surface area (Å²) in [5.74, 6) is -0.818. The molecule has 0 aromatic heterocycles. The number of hydrogen-bond donors (Lipinski definition) is 1. The van der Waals surface area contributed by atoms with Gasteiger partial charge in [0.25, 0.3) is 5.91 Å². The highest BCUT2D eigenvalue weighted by atomic mass is 19.1. The van der Waals surface area contributed by atoms with Crippen molar-refractivity contribution < 1.29 is 13.9 Å². The Hall–Kier alpha value is -1.46. The molecule has 1 amide bonds. The highest BCUT2D eigenvalue weighted by molar-refractivity contribution is 5.94. The smallest absolute Gasteiger partial charge is 0.257 e. The van der Waals surface area contributed by atoms with Crippen LogP contribution in [0.2, 0.25) is 0 Å². The van der Waals surface area contributed by atoms with E-state index in [9.17, 15) is 9.18 Å². The number of nitrogens with zero attached hydrogens (tertiary/aromatic N) is 1. The molecule has 2 rings (SSSR count). The maximum Gasteiger partial charge on any atom is 0.257 e. The van der Waals surface area contributed by atoms with Gasteiger partial charge in [0.1, 0.15) is 5.82 Å². The number of nitrogens with two attached hydrogens (primary N) is 1. The molecule has 4 nitrogen and oxygen atoms in total. The molecule has 17 heavy (non-hydrogen) atoms. The fourth-order valence-corrected chi connectivity index (χ4v) is 1.91. The largest absolute Gasteiger partial charge is 0.377 e. The van der Waals surface area contributed by atoms with Gasteiger partial charge in [-0.1, -0.05) is 12.1 Å². The molecule has 1 aromatic rings. The molecular formula is C12H15FN2O2. The van der Waals surface area contributed by atoms with Crippen LogP contribution in [-0.2, 0) is 4.74 Å². The number of benzene rings is 1. The van der Waals surface area contributed by atoms with Gasteiger partial charge in [0.05, 0.1) is 24.8 Å². The van der Waals surface area contributed by atoms with Crippen LogP contribution in [0.25, 0.3) is 0 Å². The second kappa shape index (κ2) is 5.25. The molecule has 1 fully saturated rings. The van der Waals surface area contributed by atoms with E-state index in [1.54, 1.807) is 17.0 Å². The first kappa shape index (κ1) is 12.0. The van der Waals surface area contributed by atoms with Gasteiger partial charge < -0.3 is 15.4 Å². The zero-order valence-electron chi connectivity index (χ0n) is 9.43. The Kier molecular flexibility index (Phi) is 3.71. The summed E-state index contributed by atoms with van der Waals surface area (Å²) < 4.78 is 18.8. The van der Waals surface area contributed by atoms with Crippen molar-refractivity contribution in [2.75, 3.05) is 26.3 Å². The van der Waals surface area contributed by atoms with Crippen molar-refractivity contribution in [2.45, 2.75) is 6.04 Å². The Morgan fingerprint density at radius 1 is 1.53 bits per heavy atom. The van der Waals surface area contributed by atoms with Crippen LogP contribution >= 0.6 is 0 Å². The molecule has 0 radical (unpaired) electrons. The summed E-state index contributed by atoms with van der Waals surface area (Å²) in [6, 6.07) is 5.81. The minimum atomic E-state index is -0.500. The lowest BCUT2D eigenvalue weighted by Crippen LogP contribution is -2.52. The molecule has 92 valence electrons. The Bertz CT molecular complexity index is 411. The number of morpholine rings is 1. The monoisotopic (exact) mass is 238 g/mol. The molecule has 1 aliphatic heterocycles. The fourth-order valence-electron chi connectivity index (χ4n) is 1.91. The second-order valence-electron chi connectivity index (χ2n) is 3.94. The third-order valence-electron chi connectivity index (χ3n) is 2.86. The van der Waals surface area contributed by atoms with E-state index in [2.05, 4.69) is 0 Å². The standard InChI is InChI=1S/C12H15FN2O2/c13-11-4-2-1-3-10(11)12(16)15-5-6-17-8-9(15)7-14/h1-4,9H,5-8,14H2. The van der Waals surface area contributed by atoms with Gasteiger partial charge in [0.2, 0.25) is 0 Å². The van der Waals surface area contributed by atoms with Crippen molar-refractivity contribution in [3.8, 4) is 0 Å². The van der Waals surface area contributed by atoms with Gasteiger partial charge in [-0.3, -0.25) is 4.79 Å². The summed E-state index contributed by atoms with van der Waals surface area (Å²) in [5, 5.41) is 0. The minimum absolute atomic E-state index is 0.0906. The fraction of sp³-hybridized carbons (Fsp3) is 0.417. The zero-order valence-corrected chi connectivity index (χ0v) is 9.43. The number of carbonyl (C=O) groups is 1. The van der Waals surface area contributed by atoms with Crippen LogP contribution in [-0.4, -0.2) is 43.2 Å². The van der Waals surface area contributed by atoms with Crippen LogP contribution in [0.4, 0.5) is 4.39 Å². The van der Waals surface area contributed by atoms with Crippen molar-refractivity contribution in [2.24, 2.45) is 5.73 Å². The normalized spacial score (nSPS) is 20.4. The summed E-state index contributed by atoms with van der Waals surface area (Å²) in [6.07, 6.45) is 0. The average molecular weight is 238 g/mol. The summed E-state index contributed by atoms with van der Waals surface area (Å²) in [7, 11) is 0. The number of halogens is 1. The topological polar surface area (TPSA) is 55.6 Å². The third-order valence-corrected chi connectivity index (χ3v) is 2.86. The van der Waals surface area contributed by atoms with Crippen LogP contribution in [0.5, 0.6) is 0 Å². The molecule has 5 heteroatoms. The summed E-state index contributed by atoms with van der Waals surface area (Å²) in [6.45, 7) is 1.66. The molecule has 1 aromatic carbocycles. The van der Waals surface area contributed by atoms with Crippen LogP contribution in [0.1, 0.15) is 10.4 Å². The molecule has 1 unspecified atom stereocenters. The lowest BCUT2D eigenvalue weighted by atomic mass is 10.1. The lowest BCUT2D eigenvalue weighted by molar-refractivity contribution is 0.000600. The Balaban J connectivity index is 2.21. The quantitative estimate of drug-likeness (QED) is 0.822. The van der Waals surface area contributed by atoms with E-state index in [1.165, 1.54) is 12.1 Å². The number of rotatable bonds is 2. The molecule has 1 atom stereocenters. The summed E-state index contributed by atoms with van der Waals surface area (Å²) in [5.41, 5.74) is 5.67. The van der Waals surface area contributed by atoms with Crippen LogP contribution in [0.3, 0.4) is 0 Å². The molecule has 0 spiro atoms. The summed E-state index contributed by atoms with van der Waals surface area (Å²) >= 11 is 0. The third kappa shape index (κ3) is 2.45. The highest BCUT2D eigenvalue weighted by Crippen LogP contribution is 2.14. The molecule has 0 bridgehead atoms. The number of carbonyl (C=O) groups excluding carboxylic acids is 1. The van der Waals surface area contributed by atoms with Crippen LogP contribution in [0.15, 0.2) is 24.3 Å². The van der Waals surface area contributed by atoms with Gasteiger partial charge in [-0.2, -0.15) is 0 Å². The first-order valence-electron chi connectivity index (χ1n) is 5.57. The first-order chi connectivity index (χ1) is 8.24. The van der Waals surface area contributed by atoms with E-state index >= 15 is 0 Å². The van der Waals surface area contributed by atoms with Gasteiger partial charge in [-0.05, 0) is 12.1 Å². The van der Waals surface area contributed by atoms with Crippen molar-refractivity contribution >= 4 is 5.91 Å². The van der Waals surface area contributed by atoms with Crippen molar-refractivity contribution in [1.82, 2.24) is 4.90 Å². The summed E-state index contributed by atoms with van der Waals surface area (Å²) in [4.78, 5) is 13.7. The van der Waals surface area contributed by atoms with Gasteiger partial charge >= 0.3 is 0 Å². The maximum absolute atomic E-state index is 13.5. The molecule has 1 aliphatic rings. The van der Waals surface area contributed by atoms with Crippen molar-refractivity contribution in [3.05, 3.63) is 35.6 Å². The van der Waals surface area contributed by atoms with Crippen LogP contribution in [0, 0.1) is 5.82 Å². The van der Waals surface area contributed by atoms with E-state index in [4.69, 9.17) is 10.5 Å². The van der Waals surface area contributed by atoms with E-state index in [1.807, 2.05) is 0 Å². The van der Waals surface area contributed by atoms with Crippen LogP contribution < -0.4 is 5.73 Å². The molecule has 1 saturated heterocycles. The van der Waals surface area contributed by atoms with E-state index in [0.717, 1.165) is 0 Å². The molecule has 2 N–H and O–H groups in total. The Morgan fingerprint density at radius 2 is 2.29 bits per heavy atom. The van der Waals surface area contributed by atoms with Gasteiger partial charge in [0.15, 0.2) is 0 Å². The van der Waals surface area contributed by atoms with E-state index in [-0.39, 0.29) is 17.5 Å². The zero-order chi connectivity index (χ0) is 12.3. The minimum Gasteiger partial charge on any atom is -0.377 e. The van der Waals surface area contributed by atoms with Gasteiger partial charge in [0, 0.05) is 13.1 Å². The van der Waals surface area contributed by atoms with Gasteiger partial charge in [-0.25, -0.2) is 4.39 Å². The highest BCUT2D eigenvalue weighted by Gasteiger charge is 2.28. The number of ether oxygens (including phenoxy) is 1. The van der Waals surface area contributed by atoms with Gasteiger partial charge in [-0.15, -0.1) is 0 Å². The Labute approximate surface area is 99.2 Å². The Morgan fingerprint density at radius 3 is 3.00 bits per heavy atom. The number of amides is 1. The van der Waals surface area contributed by atoms with E-state index < -0.39 is 5.82 Å². The lowest BCUT2D eigenvalue weighted by Gasteiger charge is -2.34. The second-order valence-corrected chi connectivity index (χ2v) is 3.94. The average Bonchev–Trinajstić information content (AvgIpc) is 2.38. The maximum atomic E-state index is 13.5. The SMILES string of the molecule is NCC1COCCN1C(=O)c1ccccc1F. The molecular weight excluding hydrogens is 223 g/mol. The molecule has 1 heterocycles. The van der Waals surface area contributed by atoms with Crippen molar-refractivity contribution in [1.29, 1.82) is 0 Å². The predicted octanol–water partition coefficient (Wildman–Crippen LogP) is 0.625. The molecule has 0 aliphatic carbocycles. The predicted molar refractivity (Wildman–Crippen MR) is 61.1 cm³/mol.